The fourth-order valence-corrected chi connectivity index (χ4v) is 3.31. The van der Waals surface area contributed by atoms with Gasteiger partial charge in [0.1, 0.15) is 11.3 Å². The number of rotatable bonds is 6. The summed E-state index contributed by atoms with van der Waals surface area (Å²) in [6.07, 6.45) is 5.59. The summed E-state index contributed by atoms with van der Waals surface area (Å²) in [5.74, 6) is -0.435. The van der Waals surface area contributed by atoms with E-state index in [1.807, 2.05) is 0 Å². The van der Waals surface area contributed by atoms with Crippen LogP contribution in [-0.2, 0) is 16.1 Å². The molecule has 1 aliphatic rings. The molecule has 2 aromatic heterocycles. The Hall–Kier alpha value is -3.00. The van der Waals surface area contributed by atoms with Gasteiger partial charge in [-0.3, -0.25) is 9.59 Å². The van der Waals surface area contributed by atoms with Crippen molar-refractivity contribution in [1.82, 2.24) is 19.5 Å². The molecule has 0 saturated carbocycles. The molecule has 4 rings (SSSR count). The molecule has 0 unspecified atom stereocenters. The molecule has 28 heavy (non-hydrogen) atoms. The highest BCUT2D eigenvalue weighted by molar-refractivity contribution is 5.75. The van der Waals surface area contributed by atoms with Gasteiger partial charge in [0, 0.05) is 44.1 Å². The third-order valence-corrected chi connectivity index (χ3v) is 4.87. The smallest absolute Gasteiger partial charge is 0.276 e. The van der Waals surface area contributed by atoms with Crippen molar-refractivity contribution < 1.29 is 13.9 Å². The van der Waals surface area contributed by atoms with Crippen LogP contribution in [0.1, 0.15) is 19.3 Å². The highest BCUT2D eigenvalue weighted by atomic mass is 19.1. The zero-order valence-corrected chi connectivity index (χ0v) is 15.3. The number of benzene rings is 1. The molecular weight excluding hydrogens is 363 g/mol. The first kappa shape index (κ1) is 18.4. The van der Waals surface area contributed by atoms with Gasteiger partial charge in [-0.15, -0.1) is 0 Å². The number of nitrogens with zero attached hydrogens (tertiary/aromatic N) is 3. The predicted octanol–water partition coefficient (Wildman–Crippen LogP) is 1.99. The van der Waals surface area contributed by atoms with Gasteiger partial charge in [-0.1, -0.05) is 0 Å². The summed E-state index contributed by atoms with van der Waals surface area (Å²) in [7, 11) is 0. The van der Waals surface area contributed by atoms with Gasteiger partial charge in [-0.25, -0.2) is 8.91 Å². The number of ether oxygens (including phenoxy) is 1. The molecule has 1 N–H and O–H groups in total. The average Bonchev–Trinajstić information content (AvgIpc) is 3.36. The summed E-state index contributed by atoms with van der Waals surface area (Å²) in [4.78, 5) is 24.7. The second-order valence-electron chi connectivity index (χ2n) is 6.85. The summed E-state index contributed by atoms with van der Waals surface area (Å²) < 4.78 is 21.6. The maximum absolute atomic E-state index is 13.1. The minimum atomic E-state index is -0.326. The van der Waals surface area contributed by atoms with Crippen LogP contribution < -0.4 is 10.9 Å². The minimum absolute atomic E-state index is 0.0969. The summed E-state index contributed by atoms with van der Waals surface area (Å²) in [6.45, 7) is 1.54. The third kappa shape index (κ3) is 3.96. The minimum Gasteiger partial charge on any atom is -0.376 e. The summed E-state index contributed by atoms with van der Waals surface area (Å²) in [5, 5.41) is 7.23. The van der Waals surface area contributed by atoms with Crippen molar-refractivity contribution in [2.45, 2.75) is 31.9 Å². The summed E-state index contributed by atoms with van der Waals surface area (Å²) >= 11 is 0. The van der Waals surface area contributed by atoms with Crippen LogP contribution in [0.4, 0.5) is 4.39 Å². The Morgan fingerprint density at radius 2 is 2.11 bits per heavy atom. The Morgan fingerprint density at radius 1 is 1.29 bits per heavy atom. The number of aromatic nitrogens is 3. The van der Waals surface area contributed by atoms with Crippen molar-refractivity contribution in [3.8, 4) is 11.3 Å². The van der Waals surface area contributed by atoms with Crippen LogP contribution in [0.15, 0.2) is 47.5 Å². The van der Waals surface area contributed by atoms with Crippen molar-refractivity contribution >= 4 is 11.4 Å². The lowest BCUT2D eigenvalue weighted by Gasteiger charge is -2.11. The first-order chi connectivity index (χ1) is 13.6. The first-order valence-corrected chi connectivity index (χ1v) is 9.33. The van der Waals surface area contributed by atoms with E-state index in [9.17, 15) is 14.0 Å². The molecule has 3 heterocycles. The molecular formula is C20H21FN4O3. The van der Waals surface area contributed by atoms with Gasteiger partial charge in [-0.2, -0.15) is 5.10 Å². The number of carbonyl (C=O) groups excluding carboxylic acids is 1. The number of fused-ring (bicyclic) bond motifs is 1. The molecule has 8 heteroatoms. The number of hydrogen-bond donors (Lipinski definition) is 1. The number of carbonyl (C=O) groups is 1. The standard InChI is InChI=1S/C20H21FN4O3/c21-15-5-3-14(4-6-15)17-12-18-20(27)24(9-10-25(18)23-17)8-7-19(26)22-13-16-2-1-11-28-16/h3-6,9-10,12,16H,1-2,7-8,11,13H2,(H,22,26)/t16-/m0/s1. The number of nitrogens with one attached hydrogen (secondary N) is 1. The van der Waals surface area contributed by atoms with E-state index in [1.165, 1.54) is 21.2 Å². The molecule has 0 spiro atoms. The van der Waals surface area contributed by atoms with E-state index < -0.39 is 0 Å². The van der Waals surface area contributed by atoms with Crippen LogP contribution >= 0.6 is 0 Å². The van der Waals surface area contributed by atoms with Gasteiger partial charge in [0.05, 0.1) is 11.8 Å². The second-order valence-corrected chi connectivity index (χ2v) is 6.85. The monoisotopic (exact) mass is 384 g/mol. The van der Waals surface area contributed by atoms with Gasteiger partial charge in [0.25, 0.3) is 5.56 Å². The molecule has 0 aliphatic carbocycles. The van der Waals surface area contributed by atoms with E-state index in [-0.39, 0.29) is 36.4 Å². The predicted molar refractivity (Wildman–Crippen MR) is 101 cm³/mol. The van der Waals surface area contributed by atoms with Crippen molar-refractivity contribution in [2.75, 3.05) is 13.2 Å². The van der Waals surface area contributed by atoms with E-state index in [0.29, 0.717) is 17.8 Å². The van der Waals surface area contributed by atoms with Gasteiger partial charge in [0.15, 0.2) is 0 Å². The molecule has 3 aromatic rings. The quantitative estimate of drug-likeness (QED) is 0.705. The van der Waals surface area contributed by atoms with Gasteiger partial charge >= 0.3 is 0 Å². The summed E-state index contributed by atoms with van der Waals surface area (Å²) in [6, 6.07) is 7.62. The zero-order chi connectivity index (χ0) is 19.5. The fourth-order valence-electron chi connectivity index (χ4n) is 3.31. The Morgan fingerprint density at radius 3 is 2.86 bits per heavy atom. The Labute approximate surface area is 160 Å². The third-order valence-electron chi connectivity index (χ3n) is 4.87. The highest BCUT2D eigenvalue weighted by Gasteiger charge is 2.16. The molecule has 1 aliphatic heterocycles. The lowest BCUT2D eigenvalue weighted by Crippen LogP contribution is -2.33. The largest absolute Gasteiger partial charge is 0.376 e. The van der Waals surface area contributed by atoms with Gasteiger partial charge in [-0.05, 0) is 43.2 Å². The first-order valence-electron chi connectivity index (χ1n) is 9.33. The lowest BCUT2D eigenvalue weighted by atomic mass is 10.1. The zero-order valence-electron chi connectivity index (χ0n) is 15.3. The lowest BCUT2D eigenvalue weighted by molar-refractivity contribution is -0.121. The van der Waals surface area contributed by atoms with Crippen LogP contribution in [0.2, 0.25) is 0 Å². The van der Waals surface area contributed by atoms with Crippen LogP contribution in [0, 0.1) is 5.82 Å². The van der Waals surface area contributed by atoms with E-state index >= 15 is 0 Å². The molecule has 1 amide bonds. The van der Waals surface area contributed by atoms with Crippen LogP contribution in [0.5, 0.6) is 0 Å². The number of hydrogen-bond acceptors (Lipinski definition) is 4. The topological polar surface area (TPSA) is 77.6 Å². The normalized spacial score (nSPS) is 16.5. The Kier molecular flexibility index (Phi) is 5.21. The van der Waals surface area contributed by atoms with Gasteiger partial charge < -0.3 is 14.6 Å². The second kappa shape index (κ2) is 7.93. The van der Waals surface area contributed by atoms with Crippen LogP contribution in [0.25, 0.3) is 16.8 Å². The Balaban J connectivity index is 1.44. The van der Waals surface area contributed by atoms with Crippen molar-refractivity contribution in [2.24, 2.45) is 0 Å². The fraction of sp³-hybridized carbons (Fsp3) is 0.350. The van der Waals surface area contributed by atoms with E-state index in [1.54, 1.807) is 30.6 Å². The van der Waals surface area contributed by atoms with E-state index in [4.69, 9.17) is 4.74 Å². The van der Waals surface area contributed by atoms with Crippen LogP contribution in [-0.4, -0.2) is 39.3 Å². The molecule has 1 aromatic carbocycles. The summed E-state index contributed by atoms with van der Waals surface area (Å²) in [5.41, 5.74) is 1.49. The Bertz CT molecular complexity index is 1040. The van der Waals surface area contributed by atoms with Crippen molar-refractivity contribution in [3.05, 3.63) is 58.9 Å². The molecule has 1 fully saturated rings. The molecule has 1 saturated heterocycles. The van der Waals surface area contributed by atoms with E-state index in [0.717, 1.165) is 25.0 Å². The molecule has 0 radical (unpaired) electrons. The number of aryl methyl sites for hydroxylation is 1. The average molecular weight is 384 g/mol. The molecule has 1 atom stereocenters. The van der Waals surface area contributed by atoms with Crippen molar-refractivity contribution in [3.63, 3.8) is 0 Å². The maximum Gasteiger partial charge on any atom is 0.276 e. The van der Waals surface area contributed by atoms with Crippen molar-refractivity contribution in [1.29, 1.82) is 0 Å². The van der Waals surface area contributed by atoms with E-state index in [2.05, 4.69) is 10.4 Å². The highest BCUT2D eigenvalue weighted by Crippen LogP contribution is 2.18. The van der Waals surface area contributed by atoms with Crippen LogP contribution in [0.3, 0.4) is 0 Å². The number of halogens is 1. The maximum atomic E-state index is 13.1. The molecule has 0 bridgehead atoms. The molecule has 146 valence electrons. The SMILES string of the molecule is O=C(CCn1ccn2nc(-c3ccc(F)cc3)cc2c1=O)NC[C@@H]1CCCO1. The van der Waals surface area contributed by atoms with Gasteiger partial charge in [0.2, 0.25) is 5.91 Å². The molecule has 7 nitrogen and oxygen atoms in total. The number of amides is 1.